The lowest BCUT2D eigenvalue weighted by molar-refractivity contribution is 0.0941. The third-order valence-corrected chi connectivity index (χ3v) is 6.27. The Bertz CT molecular complexity index is 1010. The number of rotatable bonds is 6. The monoisotopic (exact) mass is 479 g/mol. The van der Waals surface area contributed by atoms with Gasteiger partial charge in [-0.1, -0.05) is 23.7 Å². The van der Waals surface area contributed by atoms with Gasteiger partial charge in [0.15, 0.2) is 0 Å². The van der Waals surface area contributed by atoms with Gasteiger partial charge in [-0.15, -0.1) is 11.8 Å². The molecule has 0 saturated carbocycles. The SMILES string of the molecule is CSc1ccc(Oc2ccc(CNC(=O)c3c(Cl)c(C)nn3C)cc2)cc1Br. The van der Waals surface area contributed by atoms with Gasteiger partial charge in [0.1, 0.15) is 17.2 Å². The Morgan fingerprint density at radius 3 is 2.50 bits per heavy atom. The Morgan fingerprint density at radius 2 is 1.93 bits per heavy atom. The summed E-state index contributed by atoms with van der Waals surface area (Å²) in [5.41, 5.74) is 1.95. The van der Waals surface area contributed by atoms with Crippen LogP contribution in [0.2, 0.25) is 5.02 Å². The molecule has 0 aliphatic rings. The van der Waals surface area contributed by atoms with Crippen LogP contribution in [-0.4, -0.2) is 21.9 Å². The van der Waals surface area contributed by atoms with Gasteiger partial charge in [-0.25, -0.2) is 0 Å². The van der Waals surface area contributed by atoms with Crippen molar-refractivity contribution >= 4 is 45.2 Å². The average molecular weight is 481 g/mol. The van der Waals surface area contributed by atoms with Gasteiger partial charge >= 0.3 is 0 Å². The molecule has 0 unspecified atom stereocenters. The minimum atomic E-state index is -0.257. The van der Waals surface area contributed by atoms with E-state index in [0.717, 1.165) is 26.4 Å². The molecule has 0 aliphatic carbocycles. The fourth-order valence-electron chi connectivity index (χ4n) is 2.67. The van der Waals surface area contributed by atoms with Gasteiger partial charge in [-0.3, -0.25) is 9.48 Å². The van der Waals surface area contributed by atoms with Crippen molar-refractivity contribution in [1.82, 2.24) is 15.1 Å². The van der Waals surface area contributed by atoms with Crippen LogP contribution < -0.4 is 10.1 Å². The minimum absolute atomic E-state index is 0.257. The van der Waals surface area contributed by atoms with Crippen LogP contribution in [-0.2, 0) is 13.6 Å². The lowest BCUT2D eigenvalue weighted by Gasteiger charge is -2.09. The Hall–Kier alpha value is -1.96. The molecular formula is C20H19BrClN3O2S. The van der Waals surface area contributed by atoms with Crippen LogP contribution in [0.4, 0.5) is 0 Å². The summed E-state index contributed by atoms with van der Waals surface area (Å²) >= 11 is 11.4. The van der Waals surface area contributed by atoms with Crippen LogP contribution in [0.3, 0.4) is 0 Å². The number of benzene rings is 2. The summed E-state index contributed by atoms with van der Waals surface area (Å²) in [6, 6.07) is 13.5. The zero-order valence-electron chi connectivity index (χ0n) is 15.6. The Kier molecular flexibility index (Phi) is 6.69. The zero-order chi connectivity index (χ0) is 20.3. The molecule has 3 aromatic rings. The number of carbonyl (C=O) groups is 1. The van der Waals surface area contributed by atoms with E-state index in [1.54, 1.807) is 25.7 Å². The van der Waals surface area contributed by atoms with Gasteiger partial charge in [-0.05, 0) is 65.0 Å². The summed E-state index contributed by atoms with van der Waals surface area (Å²) in [4.78, 5) is 13.5. The number of carbonyl (C=O) groups excluding carboxylic acids is 1. The van der Waals surface area contributed by atoms with Crippen molar-refractivity contribution in [2.24, 2.45) is 7.05 Å². The van der Waals surface area contributed by atoms with Crippen LogP contribution in [0.1, 0.15) is 21.7 Å². The van der Waals surface area contributed by atoms with E-state index in [9.17, 15) is 4.79 Å². The summed E-state index contributed by atoms with van der Waals surface area (Å²) in [7, 11) is 1.70. The molecule has 0 aliphatic heterocycles. The molecule has 0 fully saturated rings. The zero-order valence-corrected chi connectivity index (χ0v) is 18.8. The predicted molar refractivity (Wildman–Crippen MR) is 117 cm³/mol. The molecule has 3 rings (SSSR count). The summed E-state index contributed by atoms with van der Waals surface area (Å²) < 4.78 is 8.38. The lowest BCUT2D eigenvalue weighted by Crippen LogP contribution is -2.25. The first-order valence-electron chi connectivity index (χ1n) is 8.46. The fraction of sp³-hybridized carbons (Fsp3) is 0.200. The predicted octanol–water partition coefficient (Wildman–Crippen LogP) is 5.59. The second-order valence-corrected chi connectivity index (χ2v) is 8.18. The number of hydrogen-bond donors (Lipinski definition) is 1. The number of nitrogens with zero attached hydrogens (tertiary/aromatic N) is 2. The molecule has 28 heavy (non-hydrogen) atoms. The second-order valence-electron chi connectivity index (χ2n) is 6.10. The molecule has 5 nitrogen and oxygen atoms in total. The van der Waals surface area contributed by atoms with Crippen molar-refractivity contribution in [3.05, 3.63) is 68.9 Å². The Morgan fingerprint density at radius 1 is 1.25 bits per heavy atom. The van der Waals surface area contributed by atoms with Crippen molar-refractivity contribution in [3.63, 3.8) is 0 Å². The number of aromatic nitrogens is 2. The molecule has 8 heteroatoms. The summed E-state index contributed by atoms with van der Waals surface area (Å²) in [6.45, 7) is 2.15. The molecule has 0 saturated heterocycles. The van der Waals surface area contributed by atoms with E-state index in [4.69, 9.17) is 16.3 Å². The van der Waals surface area contributed by atoms with Gasteiger partial charge in [0.2, 0.25) is 0 Å². The van der Waals surface area contributed by atoms with E-state index >= 15 is 0 Å². The van der Waals surface area contributed by atoms with E-state index in [1.165, 1.54) is 4.68 Å². The van der Waals surface area contributed by atoms with Crippen LogP contribution >= 0.6 is 39.3 Å². The standard InChI is InChI=1S/C20H19BrClN3O2S/c1-12-18(22)19(25(2)24-12)20(26)23-11-13-4-6-14(7-5-13)27-15-8-9-17(28-3)16(21)10-15/h4-10H,11H2,1-3H3,(H,23,26). The number of aryl methyl sites for hydroxylation is 2. The lowest BCUT2D eigenvalue weighted by atomic mass is 10.2. The van der Waals surface area contributed by atoms with Gasteiger partial charge < -0.3 is 10.1 Å². The third-order valence-electron chi connectivity index (χ3n) is 4.10. The van der Waals surface area contributed by atoms with Crippen LogP contribution in [0.5, 0.6) is 11.5 Å². The molecule has 0 spiro atoms. The first kappa shape index (κ1) is 20.8. The van der Waals surface area contributed by atoms with Gasteiger partial charge in [0.05, 0.1) is 10.7 Å². The molecule has 2 aromatic carbocycles. The van der Waals surface area contributed by atoms with E-state index in [2.05, 4.69) is 26.3 Å². The molecule has 1 heterocycles. The van der Waals surface area contributed by atoms with Crippen molar-refractivity contribution in [3.8, 4) is 11.5 Å². The van der Waals surface area contributed by atoms with E-state index in [0.29, 0.717) is 23.0 Å². The van der Waals surface area contributed by atoms with Crippen molar-refractivity contribution < 1.29 is 9.53 Å². The topological polar surface area (TPSA) is 56.1 Å². The van der Waals surface area contributed by atoms with E-state index in [1.807, 2.05) is 48.7 Å². The molecule has 146 valence electrons. The maximum absolute atomic E-state index is 12.4. The number of amides is 1. The summed E-state index contributed by atoms with van der Waals surface area (Å²) in [5, 5.41) is 7.40. The summed E-state index contributed by atoms with van der Waals surface area (Å²) in [5.74, 6) is 1.23. The maximum Gasteiger partial charge on any atom is 0.271 e. The van der Waals surface area contributed by atoms with Crippen molar-refractivity contribution in [2.45, 2.75) is 18.4 Å². The normalized spacial score (nSPS) is 10.8. The van der Waals surface area contributed by atoms with E-state index in [-0.39, 0.29) is 5.91 Å². The first-order valence-corrected chi connectivity index (χ1v) is 10.9. The van der Waals surface area contributed by atoms with Crippen LogP contribution in [0.25, 0.3) is 0 Å². The molecular weight excluding hydrogens is 462 g/mol. The van der Waals surface area contributed by atoms with Crippen molar-refractivity contribution in [1.29, 1.82) is 0 Å². The average Bonchev–Trinajstić information content (AvgIpc) is 2.93. The number of ether oxygens (including phenoxy) is 1. The van der Waals surface area contributed by atoms with Gasteiger partial charge in [-0.2, -0.15) is 5.10 Å². The molecule has 0 atom stereocenters. The highest BCUT2D eigenvalue weighted by Gasteiger charge is 2.18. The number of thioether (sulfide) groups is 1. The molecule has 1 aromatic heterocycles. The quantitative estimate of drug-likeness (QED) is 0.467. The minimum Gasteiger partial charge on any atom is -0.457 e. The van der Waals surface area contributed by atoms with Gasteiger partial charge in [0, 0.05) is 23.0 Å². The third kappa shape index (κ3) is 4.71. The molecule has 0 bridgehead atoms. The van der Waals surface area contributed by atoms with Crippen LogP contribution in [0.15, 0.2) is 51.8 Å². The Labute approximate surface area is 181 Å². The highest BCUT2D eigenvalue weighted by molar-refractivity contribution is 9.10. The molecule has 1 amide bonds. The smallest absolute Gasteiger partial charge is 0.271 e. The highest BCUT2D eigenvalue weighted by atomic mass is 79.9. The Balaban J connectivity index is 1.61. The second kappa shape index (κ2) is 9.03. The highest BCUT2D eigenvalue weighted by Crippen LogP contribution is 2.31. The van der Waals surface area contributed by atoms with Crippen LogP contribution in [0, 0.1) is 6.92 Å². The molecule has 1 N–H and O–H groups in total. The first-order chi connectivity index (χ1) is 13.4. The van der Waals surface area contributed by atoms with E-state index < -0.39 is 0 Å². The largest absolute Gasteiger partial charge is 0.457 e. The van der Waals surface area contributed by atoms with Gasteiger partial charge in [0.25, 0.3) is 5.91 Å². The summed E-state index contributed by atoms with van der Waals surface area (Å²) in [6.07, 6.45) is 2.03. The molecule has 0 radical (unpaired) electrons. The number of halogens is 2. The number of nitrogens with one attached hydrogen (secondary N) is 1. The fourth-order valence-corrected chi connectivity index (χ4v) is 4.21. The van der Waals surface area contributed by atoms with Crippen molar-refractivity contribution in [2.75, 3.05) is 6.26 Å². The number of hydrogen-bond acceptors (Lipinski definition) is 4. The maximum atomic E-state index is 12.4.